The monoisotopic (exact) mass is 564 g/mol. The molecule has 0 radical (unpaired) electrons. The Balaban J connectivity index is 1.62. The molecule has 0 saturated heterocycles. The second kappa shape index (κ2) is 10.9. The minimum atomic E-state index is -0.106. The number of methoxy groups -OCH3 is 1. The summed E-state index contributed by atoms with van der Waals surface area (Å²) >= 11 is 4.80. The second-order valence-electron chi connectivity index (χ2n) is 9.46. The minimum Gasteiger partial charge on any atom is -0.497 e. The molecule has 6 nitrogen and oxygen atoms in total. The van der Waals surface area contributed by atoms with Gasteiger partial charge in [-0.2, -0.15) is 0 Å². The maximum Gasteiger partial charge on any atom is 0.234 e. The van der Waals surface area contributed by atoms with Crippen LogP contribution < -0.4 is 10.1 Å². The zero-order chi connectivity index (χ0) is 25.9. The van der Waals surface area contributed by atoms with Crippen molar-refractivity contribution in [2.75, 3.05) is 18.2 Å². The van der Waals surface area contributed by atoms with Crippen LogP contribution in [-0.4, -0.2) is 33.5 Å². The van der Waals surface area contributed by atoms with E-state index in [1.54, 1.807) is 7.11 Å². The highest BCUT2D eigenvalue weighted by Gasteiger charge is 2.19. The second-order valence-corrected chi connectivity index (χ2v) is 11.3. The van der Waals surface area contributed by atoms with Crippen LogP contribution in [0, 0.1) is 6.92 Å². The molecular weight excluding hydrogens is 536 g/mol. The molecule has 1 heterocycles. The van der Waals surface area contributed by atoms with Crippen LogP contribution >= 0.6 is 27.7 Å². The Morgan fingerprint density at radius 3 is 2.33 bits per heavy atom. The van der Waals surface area contributed by atoms with E-state index in [2.05, 4.69) is 76.5 Å². The Kier molecular flexibility index (Phi) is 7.85. The van der Waals surface area contributed by atoms with Crippen molar-refractivity contribution >= 4 is 39.3 Å². The van der Waals surface area contributed by atoms with Gasteiger partial charge in [-0.1, -0.05) is 72.7 Å². The average Bonchev–Trinajstić information content (AvgIpc) is 3.28. The third-order valence-corrected chi connectivity index (χ3v) is 7.19. The van der Waals surface area contributed by atoms with E-state index in [-0.39, 0.29) is 17.1 Å². The van der Waals surface area contributed by atoms with Crippen molar-refractivity contribution in [1.82, 2.24) is 14.8 Å². The number of thioether (sulfide) groups is 1. The molecule has 8 heteroatoms. The lowest BCUT2D eigenvalue weighted by Crippen LogP contribution is -2.15. The van der Waals surface area contributed by atoms with Gasteiger partial charge in [0, 0.05) is 21.4 Å². The molecule has 4 rings (SSSR count). The first-order valence-electron chi connectivity index (χ1n) is 11.6. The number of halogens is 1. The van der Waals surface area contributed by atoms with E-state index in [1.807, 2.05) is 54.0 Å². The number of hydrogen-bond acceptors (Lipinski definition) is 5. The number of carbonyl (C=O) groups is 1. The highest BCUT2D eigenvalue weighted by atomic mass is 79.9. The Morgan fingerprint density at radius 2 is 1.72 bits per heavy atom. The Labute approximate surface area is 224 Å². The van der Waals surface area contributed by atoms with Crippen molar-refractivity contribution in [1.29, 1.82) is 0 Å². The van der Waals surface area contributed by atoms with Gasteiger partial charge in [0.15, 0.2) is 11.0 Å². The predicted molar refractivity (Wildman–Crippen MR) is 150 cm³/mol. The number of rotatable bonds is 7. The molecule has 1 amide bonds. The summed E-state index contributed by atoms with van der Waals surface area (Å²) in [6.07, 6.45) is 0. The fourth-order valence-electron chi connectivity index (χ4n) is 3.72. The number of hydrogen-bond donors (Lipinski definition) is 1. The molecule has 0 unspecified atom stereocenters. The van der Waals surface area contributed by atoms with E-state index in [9.17, 15) is 4.79 Å². The van der Waals surface area contributed by atoms with Crippen LogP contribution in [0.5, 0.6) is 5.75 Å². The predicted octanol–water partition coefficient (Wildman–Crippen LogP) is 7.04. The van der Waals surface area contributed by atoms with Crippen LogP contribution in [0.25, 0.3) is 17.1 Å². The number of amides is 1. The van der Waals surface area contributed by atoms with Crippen LogP contribution in [0.4, 0.5) is 5.69 Å². The lowest BCUT2D eigenvalue weighted by Gasteiger charge is -2.19. The quantitative estimate of drug-likeness (QED) is 0.244. The maximum absolute atomic E-state index is 12.7. The lowest BCUT2D eigenvalue weighted by atomic mass is 9.87. The molecule has 0 aliphatic carbocycles. The largest absolute Gasteiger partial charge is 0.497 e. The van der Waals surface area contributed by atoms with Crippen molar-refractivity contribution in [2.45, 2.75) is 38.3 Å². The van der Waals surface area contributed by atoms with Crippen molar-refractivity contribution in [3.05, 3.63) is 82.3 Å². The maximum atomic E-state index is 12.7. The summed E-state index contributed by atoms with van der Waals surface area (Å²) in [5.74, 6) is 1.58. The molecular formula is C28H29BrN4O2S. The van der Waals surface area contributed by atoms with Crippen LogP contribution in [0.1, 0.15) is 31.9 Å². The van der Waals surface area contributed by atoms with E-state index in [0.717, 1.165) is 32.7 Å². The summed E-state index contributed by atoms with van der Waals surface area (Å²) in [4.78, 5) is 12.7. The van der Waals surface area contributed by atoms with E-state index in [4.69, 9.17) is 4.74 Å². The third kappa shape index (κ3) is 5.99. The number of ether oxygens (including phenoxy) is 1. The molecule has 0 saturated carbocycles. The number of nitrogens with one attached hydrogen (secondary N) is 1. The summed E-state index contributed by atoms with van der Waals surface area (Å²) < 4.78 is 8.28. The Bertz CT molecular complexity index is 1360. The Morgan fingerprint density at radius 1 is 1.03 bits per heavy atom. The van der Waals surface area contributed by atoms with Gasteiger partial charge in [-0.15, -0.1) is 10.2 Å². The highest BCUT2D eigenvalue weighted by Crippen LogP contribution is 2.31. The first-order valence-corrected chi connectivity index (χ1v) is 13.3. The molecule has 3 aromatic carbocycles. The molecule has 1 N–H and O–H groups in total. The first-order chi connectivity index (χ1) is 17.2. The van der Waals surface area contributed by atoms with E-state index >= 15 is 0 Å². The average molecular weight is 566 g/mol. The minimum absolute atomic E-state index is 0.0593. The highest BCUT2D eigenvalue weighted by molar-refractivity contribution is 9.10. The van der Waals surface area contributed by atoms with Gasteiger partial charge in [0.2, 0.25) is 5.91 Å². The van der Waals surface area contributed by atoms with Crippen molar-refractivity contribution in [2.24, 2.45) is 0 Å². The van der Waals surface area contributed by atoms with Crippen LogP contribution in [0.15, 0.2) is 76.4 Å². The number of aryl methyl sites for hydroxylation is 1. The van der Waals surface area contributed by atoms with Crippen LogP contribution in [0.3, 0.4) is 0 Å². The van der Waals surface area contributed by atoms with E-state index < -0.39 is 0 Å². The fourth-order valence-corrected chi connectivity index (χ4v) is 4.94. The topological polar surface area (TPSA) is 69.0 Å². The molecule has 4 aromatic rings. The zero-order valence-corrected chi connectivity index (χ0v) is 23.4. The van der Waals surface area contributed by atoms with Gasteiger partial charge < -0.3 is 10.1 Å². The lowest BCUT2D eigenvalue weighted by molar-refractivity contribution is -0.113. The van der Waals surface area contributed by atoms with Gasteiger partial charge >= 0.3 is 0 Å². The SMILES string of the molecule is COc1ccc(-n2c(SCC(=O)Nc3ccc(Br)cc3C)nnc2-c2ccc(C(C)(C)C)cc2)cc1. The normalized spacial score (nSPS) is 11.4. The molecule has 36 heavy (non-hydrogen) atoms. The zero-order valence-electron chi connectivity index (χ0n) is 21.0. The van der Waals surface area contributed by atoms with Gasteiger partial charge in [-0.25, -0.2) is 0 Å². The number of anilines is 1. The first kappa shape index (κ1) is 26.0. The number of carbonyl (C=O) groups excluding carboxylic acids is 1. The molecule has 0 bridgehead atoms. The number of aromatic nitrogens is 3. The summed E-state index contributed by atoms with van der Waals surface area (Å²) in [6.45, 7) is 8.54. The molecule has 0 aliphatic heterocycles. The van der Waals surface area contributed by atoms with Gasteiger partial charge in [0.05, 0.1) is 12.9 Å². The standard InChI is InChI=1S/C28H29BrN4O2S/c1-18-16-21(29)10-15-24(18)30-25(34)17-36-27-32-31-26(19-6-8-20(9-7-19)28(2,3)4)33(27)22-11-13-23(35-5)14-12-22/h6-16H,17H2,1-5H3,(H,30,34). The van der Waals surface area contributed by atoms with Gasteiger partial charge in [-0.3, -0.25) is 9.36 Å². The van der Waals surface area contributed by atoms with Crippen LogP contribution in [-0.2, 0) is 10.2 Å². The Hall–Kier alpha value is -3.10. The summed E-state index contributed by atoms with van der Waals surface area (Å²) in [5, 5.41) is 12.6. The molecule has 186 valence electrons. The van der Waals surface area contributed by atoms with E-state index in [0.29, 0.717) is 11.0 Å². The molecule has 0 aliphatic rings. The molecule has 0 spiro atoms. The van der Waals surface area contributed by atoms with Crippen molar-refractivity contribution in [3.63, 3.8) is 0 Å². The molecule has 1 aromatic heterocycles. The van der Waals surface area contributed by atoms with Gasteiger partial charge in [-0.05, 0) is 65.9 Å². The van der Waals surface area contributed by atoms with Crippen molar-refractivity contribution in [3.8, 4) is 22.8 Å². The van der Waals surface area contributed by atoms with Gasteiger partial charge in [0.25, 0.3) is 0 Å². The number of benzene rings is 3. The van der Waals surface area contributed by atoms with Crippen molar-refractivity contribution < 1.29 is 9.53 Å². The summed E-state index contributed by atoms with van der Waals surface area (Å²) in [6, 6.07) is 21.9. The summed E-state index contributed by atoms with van der Waals surface area (Å²) in [5.41, 5.74) is 4.93. The summed E-state index contributed by atoms with van der Waals surface area (Å²) in [7, 11) is 1.64. The van der Waals surface area contributed by atoms with Crippen LogP contribution in [0.2, 0.25) is 0 Å². The number of nitrogens with zero attached hydrogens (tertiary/aromatic N) is 3. The third-order valence-electron chi connectivity index (χ3n) is 5.77. The van der Waals surface area contributed by atoms with Gasteiger partial charge in [0.1, 0.15) is 5.75 Å². The molecule has 0 atom stereocenters. The molecule has 0 fully saturated rings. The van der Waals surface area contributed by atoms with E-state index in [1.165, 1.54) is 17.3 Å². The smallest absolute Gasteiger partial charge is 0.234 e. The fraction of sp³-hybridized carbons (Fsp3) is 0.250.